The number of anilines is 1. The molecule has 2 heterocycles. The van der Waals surface area contributed by atoms with Crippen molar-refractivity contribution in [3.05, 3.63) is 17.8 Å². The lowest BCUT2D eigenvalue weighted by molar-refractivity contribution is 0.881. The molecule has 0 aliphatic rings. The summed E-state index contributed by atoms with van der Waals surface area (Å²) in [5.74, 6) is 0.876. The first kappa shape index (κ1) is 7.66. The third kappa shape index (κ3) is 1.33. The predicted octanol–water partition coefficient (Wildman–Crippen LogP) is 0.152. The first-order chi connectivity index (χ1) is 6.27. The van der Waals surface area contributed by atoms with E-state index in [1.165, 1.54) is 0 Å². The van der Waals surface area contributed by atoms with Crippen molar-refractivity contribution in [2.24, 2.45) is 0 Å². The molecule has 0 fully saturated rings. The van der Waals surface area contributed by atoms with Crippen LogP contribution in [-0.4, -0.2) is 25.6 Å². The second kappa shape index (κ2) is 2.81. The zero-order chi connectivity index (χ0) is 9.26. The van der Waals surface area contributed by atoms with Gasteiger partial charge in [-0.25, -0.2) is 4.98 Å². The van der Waals surface area contributed by atoms with Gasteiger partial charge in [-0.05, 0) is 23.8 Å². The summed E-state index contributed by atoms with van der Waals surface area (Å²) in [7, 11) is 0. The Balaban J connectivity index is 2.57. The highest BCUT2D eigenvalue weighted by Gasteiger charge is 2.07. The number of aromatic nitrogens is 5. The molecule has 6 nitrogen and oxygen atoms in total. The molecule has 0 spiro atoms. The van der Waals surface area contributed by atoms with Gasteiger partial charge in [0.25, 0.3) is 0 Å². The molecule has 0 unspecified atom stereocenters. The molecule has 66 valence electrons. The maximum Gasteiger partial charge on any atom is 0.208 e. The molecule has 0 aromatic carbocycles. The molecule has 6 heteroatoms. The minimum absolute atomic E-state index is 0.409. The van der Waals surface area contributed by atoms with E-state index in [2.05, 4.69) is 25.6 Å². The van der Waals surface area contributed by atoms with Gasteiger partial charge in [0.1, 0.15) is 5.82 Å². The second-order valence-electron chi connectivity index (χ2n) is 2.68. The fraction of sp³-hybridized carbons (Fsp3) is 0.143. The Bertz CT molecular complexity index is 407. The van der Waals surface area contributed by atoms with Crippen molar-refractivity contribution >= 4 is 5.82 Å². The number of rotatable bonds is 1. The smallest absolute Gasteiger partial charge is 0.208 e. The van der Waals surface area contributed by atoms with E-state index in [9.17, 15) is 0 Å². The van der Waals surface area contributed by atoms with Crippen LogP contribution in [0.2, 0.25) is 0 Å². The van der Waals surface area contributed by atoms with Crippen LogP contribution in [0.5, 0.6) is 0 Å². The van der Waals surface area contributed by atoms with Crippen molar-refractivity contribution < 1.29 is 0 Å². The number of hydrogen-bond acceptors (Lipinski definition) is 5. The van der Waals surface area contributed by atoms with Crippen LogP contribution >= 0.6 is 0 Å². The summed E-state index contributed by atoms with van der Waals surface area (Å²) < 4.78 is 0. The molecule has 2 aromatic heterocycles. The summed E-state index contributed by atoms with van der Waals surface area (Å²) in [6, 6.07) is 1.87. The third-order valence-corrected chi connectivity index (χ3v) is 1.64. The SMILES string of the molecule is Cc1cnc(N)c(-c2nn[nH]n2)c1. The Labute approximate surface area is 74.2 Å². The first-order valence-electron chi connectivity index (χ1n) is 3.73. The van der Waals surface area contributed by atoms with Crippen LogP contribution in [0.25, 0.3) is 11.4 Å². The molecule has 0 aliphatic carbocycles. The molecular weight excluding hydrogens is 168 g/mol. The number of H-pyrrole nitrogens is 1. The minimum atomic E-state index is 0.409. The van der Waals surface area contributed by atoms with Gasteiger partial charge in [0.05, 0.1) is 5.56 Å². The zero-order valence-electron chi connectivity index (χ0n) is 7.02. The van der Waals surface area contributed by atoms with Gasteiger partial charge in [-0.15, -0.1) is 10.2 Å². The first-order valence-corrected chi connectivity index (χ1v) is 3.73. The number of pyridine rings is 1. The van der Waals surface area contributed by atoms with E-state index in [1.54, 1.807) is 6.20 Å². The number of aromatic amines is 1. The standard InChI is InChI=1S/C7H8N6/c1-4-2-5(6(8)9-3-4)7-10-12-13-11-7/h2-3H,1H3,(H2,8,9)(H,10,11,12,13). The van der Waals surface area contributed by atoms with Crippen molar-refractivity contribution in [1.82, 2.24) is 25.6 Å². The topological polar surface area (TPSA) is 93.4 Å². The van der Waals surface area contributed by atoms with Crippen LogP contribution in [0.4, 0.5) is 5.82 Å². The zero-order valence-corrected chi connectivity index (χ0v) is 7.02. The van der Waals surface area contributed by atoms with Crippen LogP contribution in [0, 0.1) is 6.92 Å². The number of hydrogen-bond donors (Lipinski definition) is 2. The van der Waals surface area contributed by atoms with E-state index in [-0.39, 0.29) is 0 Å². The van der Waals surface area contributed by atoms with Gasteiger partial charge in [0.15, 0.2) is 0 Å². The van der Waals surface area contributed by atoms with E-state index in [0.717, 1.165) is 5.56 Å². The van der Waals surface area contributed by atoms with Gasteiger partial charge in [-0.1, -0.05) is 0 Å². The Kier molecular flexibility index (Phi) is 1.66. The number of nitrogens with one attached hydrogen (secondary N) is 1. The Morgan fingerprint density at radius 2 is 2.31 bits per heavy atom. The summed E-state index contributed by atoms with van der Waals surface area (Å²) in [5.41, 5.74) is 7.36. The average Bonchev–Trinajstić information content (AvgIpc) is 2.61. The summed E-state index contributed by atoms with van der Waals surface area (Å²) in [6.45, 7) is 1.93. The Morgan fingerprint density at radius 1 is 1.46 bits per heavy atom. The van der Waals surface area contributed by atoms with Gasteiger partial charge in [-0.3, -0.25) is 0 Å². The molecule has 0 saturated heterocycles. The lowest BCUT2D eigenvalue weighted by Crippen LogP contribution is -1.95. The molecule has 0 radical (unpaired) electrons. The van der Waals surface area contributed by atoms with Crippen molar-refractivity contribution in [2.75, 3.05) is 5.73 Å². The predicted molar refractivity (Wildman–Crippen MR) is 46.6 cm³/mol. The molecular formula is C7H8N6. The van der Waals surface area contributed by atoms with Crippen LogP contribution in [0.3, 0.4) is 0 Å². The monoisotopic (exact) mass is 176 g/mol. The fourth-order valence-corrected chi connectivity index (χ4v) is 1.03. The third-order valence-electron chi connectivity index (χ3n) is 1.64. The minimum Gasteiger partial charge on any atom is -0.383 e. The Morgan fingerprint density at radius 3 is 3.00 bits per heavy atom. The lowest BCUT2D eigenvalue weighted by atomic mass is 10.2. The molecule has 0 bridgehead atoms. The van der Waals surface area contributed by atoms with Gasteiger partial charge in [0.2, 0.25) is 5.82 Å². The molecule has 13 heavy (non-hydrogen) atoms. The Hall–Kier alpha value is -1.98. The fourth-order valence-electron chi connectivity index (χ4n) is 1.03. The van der Waals surface area contributed by atoms with E-state index in [0.29, 0.717) is 17.2 Å². The van der Waals surface area contributed by atoms with E-state index < -0.39 is 0 Å². The number of aryl methyl sites for hydroxylation is 1. The summed E-state index contributed by atoms with van der Waals surface area (Å²) in [5, 5.41) is 13.5. The number of nitrogen functional groups attached to an aromatic ring is 1. The van der Waals surface area contributed by atoms with E-state index in [1.807, 2.05) is 13.0 Å². The summed E-state index contributed by atoms with van der Waals surface area (Å²) in [6.07, 6.45) is 1.69. The largest absolute Gasteiger partial charge is 0.383 e. The normalized spacial score (nSPS) is 10.2. The highest BCUT2D eigenvalue weighted by Crippen LogP contribution is 2.19. The van der Waals surface area contributed by atoms with Gasteiger partial charge in [0, 0.05) is 6.20 Å². The molecule has 2 aromatic rings. The molecule has 3 N–H and O–H groups in total. The van der Waals surface area contributed by atoms with Crippen molar-refractivity contribution in [3.63, 3.8) is 0 Å². The molecule has 0 amide bonds. The van der Waals surface area contributed by atoms with Gasteiger partial charge in [-0.2, -0.15) is 5.21 Å². The van der Waals surface area contributed by atoms with E-state index in [4.69, 9.17) is 5.73 Å². The highest BCUT2D eigenvalue weighted by atomic mass is 15.5. The van der Waals surface area contributed by atoms with Crippen molar-refractivity contribution in [1.29, 1.82) is 0 Å². The van der Waals surface area contributed by atoms with E-state index >= 15 is 0 Å². The molecule has 0 saturated carbocycles. The molecule has 0 aliphatic heterocycles. The van der Waals surface area contributed by atoms with Gasteiger partial charge < -0.3 is 5.73 Å². The molecule has 2 rings (SSSR count). The molecule has 0 atom stereocenters. The number of nitrogens with zero attached hydrogens (tertiary/aromatic N) is 4. The average molecular weight is 176 g/mol. The maximum atomic E-state index is 5.65. The van der Waals surface area contributed by atoms with Crippen LogP contribution in [0.1, 0.15) is 5.56 Å². The van der Waals surface area contributed by atoms with Crippen molar-refractivity contribution in [2.45, 2.75) is 6.92 Å². The quantitative estimate of drug-likeness (QED) is 0.645. The maximum absolute atomic E-state index is 5.65. The van der Waals surface area contributed by atoms with Crippen molar-refractivity contribution in [3.8, 4) is 11.4 Å². The van der Waals surface area contributed by atoms with Crippen LogP contribution < -0.4 is 5.73 Å². The lowest BCUT2D eigenvalue weighted by Gasteiger charge is -1.99. The summed E-state index contributed by atoms with van der Waals surface area (Å²) in [4.78, 5) is 3.99. The van der Waals surface area contributed by atoms with Crippen LogP contribution in [0.15, 0.2) is 12.3 Å². The highest BCUT2D eigenvalue weighted by molar-refractivity contribution is 5.67. The van der Waals surface area contributed by atoms with Gasteiger partial charge >= 0.3 is 0 Å². The number of nitrogens with two attached hydrogens (primary N) is 1. The summed E-state index contributed by atoms with van der Waals surface area (Å²) >= 11 is 0. The second-order valence-corrected chi connectivity index (χ2v) is 2.68. The van der Waals surface area contributed by atoms with Crippen LogP contribution in [-0.2, 0) is 0 Å². The number of tetrazole rings is 1.